The first-order valence-corrected chi connectivity index (χ1v) is 13.3. The minimum absolute atomic E-state index is 0.0112. The number of anilines is 2. The fraction of sp³-hybridized carbons (Fsp3) is 0.367. The van der Waals surface area contributed by atoms with Gasteiger partial charge in [-0.3, -0.25) is 4.79 Å². The van der Waals surface area contributed by atoms with Gasteiger partial charge in [0.05, 0.1) is 32.1 Å². The van der Waals surface area contributed by atoms with Crippen LogP contribution in [0, 0.1) is 12.8 Å². The fourth-order valence-electron chi connectivity index (χ4n) is 4.23. The van der Waals surface area contributed by atoms with E-state index in [4.69, 9.17) is 14.8 Å². The van der Waals surface area contributed by atoms with E-state index in [0.29, 0.717) is 31.5 Å². The Morgan fingerprint density at radius 2 is 1.92 bits per heavy atom. The van der Waals surface area contributed by atoms with Gasteiger partial charge in [-0.25, -0.2) is 9.97 Å². The summed E-state index contributed by atoms with van der Waals surface area (Å²) in [6.45, 7) is 3.40. The van der Waals surface area contributed by atoms with Crippen LogP contribution in [-0.4, -0.2) is 38.6 Å². The van der Waals surface area contributed by atoms with Gasteiger partial charge in [-0.1, -0.05) is 35.9 Å². The summed E-state index contributed by atoms with van der Waals surface area (Å²) in [6, 6.07) is 16.2. The average molecular weight is 514 g/mol. The molecule has 2 aliphatic carbocycles. The van der Waals surface area contributed by atoms with Gasteiger partial charge in [0.25, 0.3) is 0 Å². The highest BCUT2D eigenvalue weighted by Gasteiger charge is 2.29. The number of aromatic nitrogens is 3. The second-order valence-corrected chi connectivity index (χ2v) is 10.0. The predicted molar refractivity (Wildman–Crippen MR) is 148 cm³/mol. The summed E-state index contributed by atoms with van der Waals surface area (Å²) < 4.78 is 7.66. The number of carbonyl (C=O) groups is 1. The van der Waals surface area contributed by atoms with E-state index in [1.165, 1.54) is 24.0 Å². The normalized spacial score (nSPS) is 14.6. The van der Waals surface area contributed by atoms with Gasteiger partial charge < -0.3 is 24.9 Å². The van der Waals surface area contributed by atoms with Crippen LogP contribution < -0.4 is 10.6 Å². The van der Waals surface area contributed by atoms with Crippen LogP contribution in [0.15, 0.2) is 67.1 Å². The Morgan fingerprint density at radius 1 is 1.11 bits per heavy atom. The molecule has 2 saturated carbocycles. The number of aliphatic hydroxyl groups excluding tert-OH is 1. The molecule has 0 bridgehead atoms. The van der Waals surface area contributed by atoms with Crippen molar-refractivity contribution in [2.75, 3.05) is 23.8 Å². The molecule has 38 heavy (non-hydrogen) atoms. The summed E-state index contributed by atoms with van der Waals surface area (Å²) in [7, 11) is 0. The number of fused-ring (bicyclic) bond motifs is 1. The first-order chi connectivity index (χ1) is 18.6. The molecule has 2 fully saturated rings. The topological polar surface area (TPSA) is 101 Å². The molecule has 1 aromatic carbocycles. The van der Waals surface area contributed by atoms with Crippen molar-refractivity contribution in [3.63, 3.8) is 0 Å². The molecule has 0 unspecified atom stereocenters. The first-order valence-electron chi connectivity index (χ1n) is 13.3. The summed E-state index contributed by atoms with van der Waals surface area (Å²) >= 11 is 0. The number of nitrogens with one attached hydrogen (secondary N) is 2. The highest BCUT2D eigenvalue weighted by Crippen LogP contribution is 2.40. The van der Waals surface area contributed by atoms with Gasteiger partial charge in [-0.15, -0.1) is 0 Å². The quantitative estimate of drug-likeness (QED) is 0.256. The third-order valence-corrected chi connectivity index (χ3v) is 6.61. The molecule has 0 saturated heterocycles. The van der Waals surface area contributed by atoms with Gasteiger partial charge in [0.2, 0.25) is 5.91 Å². The zero-order valence-electron chi connectivity index (χ0n) is 21.8. The number of nitrogens with zero attached hydrogens (tertiary/aromatic N) is 3. The van der Waals surface area contributed by atoms with Gasteiger partial charge in [-0.05, 0) is 56.2 Å². The third-order valence-electron chi connectivity index (χ3n) is 6.61. The summed E-state index contributed by atoms with van der Waals surface area (Å²) in [5, 5.41) is 15.3. The molecule has 0 spiro atoms. The molecule has 3 heterocycles. The minimum Gasteiger partial charge on any atom is -0.394 e. The number of hydrogen-bond donors (Lipinski definition) is 3. The van der Waals surface area contributed by atoms with Gasteiger partial charge in [-0.2, -0.15) is 0 Å². The van der Waals surface area contributed by atoms with E-state index < -0.39 is 0 Å². The molecule has 198 valence electrons. The fourth-order valence-corrected chi connectivity index (χ4v) is 4.23. The molecule has 0 aliphatic heterocycles. The molecular weight excluding hydrogens is 478 g/mol. The number of aryl methyl sites for hydroxylation is 1. The third kappa shape index (κ3) is 7.18. The van der Waals surface area contributed by atoms with E-state index in [1.807, 2.05) is 36.5 Å². The van der Waals surface area contributed by atoms with Crippen LogP contribution in [0.1, 0.15) is 54.0 Å². The Balaban J connectivity index is 0.000000366. The maximum Gasteiger partial charge on any atom is 0.228 e. The largest absolute Gasteiger partial charge is 0.394 e. The number of carbonyl (C=O) groups excluding carboxylic acids is 1. The zero-order chi connectivity index (χ0) is 26.3. The number of imidazole rings is 1. The lowest BCUT2D eigenvalue weighted by atomic mass is 10.1. The van der Waals surface area contributed by atoms with Crippen LogP contribution in [0.4, 0.5) is 11.5 Å². The number of rotatable bonds is 10. The summed E-state index contributed by atoms with van der Waals surface area (Å²) in [4.78, 5) is 21.0. The lowest BCUT2D eigenvalue weighted by Gasteiger charge is -2.08. The minimum atomic E-state index is 0.0112. The average Bonchev–Trinajstić information content (AvgIpc) is 3.85. The molecule has 1 amide bonds. The molecular formula is C30H35N5O3. The van der Waals surface area contributed by atoms with Crippen molar-refractivity contribution in [2.45, 2.75) is 51.7 Å². The van der Waals surface area contributed by atoms with Crippen LogP contribution in [0.3, 0.4) is 0 Å². The predicted octanol–water partition coefficient (Wildman–Crippen LogP) is 5.07. The molecule has 2 aliphatic rings. The second kappa shape index (κ2) is 12.2. The molecule has 8 nitrogen and oxygen atoms in total. The van der Waals surface area contributed by atoms with Gasteiger partial charge in [0, 0.05) is 41.8 Å². The lowest BCUT2D eigenvalue weighted by Crippen LogP contribution is -2.14. The summed E-state index contributed by atoms with van der Waals surface area (Å²) in [6.07, 6.45) is 10.3. The number of ether oxygens (including phenoxy) is 1. The van der Waals surface area contributed by atoms with Crippen LogP contribution >= 0.6 is 0 Å². The highest BCUT2D eigenvalue weighted by molar-refractivity contribution is 5.93. The van der Waals surface area contributed by atoms with Crippen molar-refractivity contribution in [3.8, 4) is 0 Å². The van der Waals surface area contributed by atoms with Crippen LogP contribution in [0.2, 0.25) is 0 Å². The number of benzene rings is 1. The maximum atomic E-state index is 12.0. The maximum absolute atomic E-state index is 12.0. The number of hydrogen-bond acceptors (Lipinski definition) is 6. The molecule has 8 heteroatoms. The monoisotopic (exact) mass is 513 g/mol. The molecule has 6 rings (SSSR count). The van der Waals surface area contributed by atoms with Crippen molar-refractivity contribution in [3.05, 3.63) is 89.5 Å². The Morgan fingerprint density at radius 3 is 2.61 bits per heavy atom. The SMILES string of the molecule is Cc1ccccc1.O=C(Nc1cc(NCc2cn3cc(C4CC4)cc(COCCO)c3n2)ccn1)C1CC1. The highest BCUT2D eigenvalue weighted by atomic mass is 16.5. The second-order valence-electron chi connectivity index (χ2n) is 10.0. The van der Waals surface area contributed by atoms with Crippen molar-refractivity contribution >= 4 is 23.1 Å². The lowest BCUT2D eigenvalue weighted by molar-refractivity contribution is -0.117. The van der Waals surface area contributed by atoms with Crippen molar-refractivity contribution < 1.29 is 14.6 Å². The van der Waals surface area contributed by atoms with E-state index in [-0.39, 0.29) is 18.4 Å². The summed E-state index contributed by atoms with van der Waals surface area (Å²) in [5.74, 6) is 1.39. The Hall–Kier alpha value is -3.75. The smallest absolute Gasteiger partial charge is 0.228 e. The van der Waals surface area contributed by atoms with Crippen molar-refractivity contribution in [1.82, 2.24) is 14.4 Å². The summed E-state index contributed by atoms with van der Waals surface area (Å²) in [5.41, 5.74) is 6.35. The molecule has 3 aromatic heterocycles. The standard InChI is InChI=1S/C23H27N5O3.C7H8/c29-7-8-31-14-18-9-17(15-1-2-15)12-28-13-20(26-22(18)28)11-25-19-5-6-24-21(10-19)27-23(30)16-3-4-16;1-7-5-3-2-4-6-7/h5-6,9-10,12-13,15-16,29H,1-4,7-8,11,14H2,(H2,24,25,27,30);2-6H,1H3. The van der Waals surface area contributed by atoms with Gasteiger partial charge >= 0.3 is 0 Å². The number of amides is 1. The molecule has 0 radical (unpaired) electrons. The van der Waals surface area contributed by atoms with E-state index >= 15 is 0 Å². The van der Waals surface area contributed by atoms with E-state index in [2.05, 4.69) is 51.3 Å². The Bertz CT molecular complexity index is 1360. The Labute approximate surface area is 223 Å². The van der Waals surface area contributed by atoms with E-state index in [9.17, 15) is 4.79 Å². The number of aliphatic hydroxyl groups is 1. The Kier molecular flexibility index (Phi) is 8.31. The molecule has 3 N–H and O–H groups in total. The zero-order valence-corrected chi connectivity index (χ0v) is 21.8. The van der Waals surface area contributed by atoms with Crippen molar-refractivity contribution in [2.24, 2.45) is 5.92 Å². The van der Waals surface area contributed by atoms with Gasteiger partial charge in [0.1, 0.15) is 11.5 Å². The van der Waals surface area contributed by atoms with E-state index in [1.54, 1.807) is 6.20 Å². The molecule has 0 atom stereocenters. The van der Waals surface area contributed by atoms with Crippen LogP contribution in [-0.2, 0) is 22.7 Å². The van der Waals surface area contributed by atoms with Crippen LogP contribution in [0.5, 0.6) is 0 Å². The first kappa shape index (κ1) is 25.9. The van der Waals surface area contributed by atoms with E-state index in [0.717, 1.165) is 35.4 Å². The van der Waals surface area contributed by atoms with Crippen LogP contribution in [0.25, 0.3) is 5.65 Å². The number of pyridine rings is 2. The van der Waals surface area contributed by atoms with Gasteiger partial charge in [0.15, 0.2) is 0 Å². The van der Waals surface area contributed by atoms with Crippen molar-refractivity contribution in [1.29, 1.82) is 0 Å². The molecule has 4 aromatic rings.